The number of fused-ring (bicyclic) bond motifs is 1. The highest BCUT2D eigenvalue weighted by Gasteiger charge is 2.24. The molecule has 11 nitrogen and oxygen atoms in total. The molecule has 0 aliphatic heterocycles. The van der Waals surface area contributed by atoms with E-state index in [1.165, 1.54) is 68.2 Å². The second-order valence-corrected chi connectivity index (χ2v) is 14.8. The lowest BCUT2D eigenvalue weighted by Gasteiger charge is -2.12. The number of amides is 1. The largest absolute Gasteiger partial charge is 0.472 e. The fourth-order valence-electron chi connectivity index (χ4n) is 6.04. The van der Waals surface area contributed by atoms with Gasteiger partial charge in [-0.25, -0.2) is 14.2 Å². The van der Waals surface area contributed by atoms with Gasteiger partial charge in [0.15, 0.2) is 11.5 Å². The summed E-state index contributed by atoms with van der Waals surface area (Å²) in [5.74, 6) is 13.1. The summed E-state index contributed by atoms with van der Waals surface area (Å²) in [4.78, 5) is 37.7. The lowest BCUT2D eigenvalue weighted by molar-refractivity contribution is -0.130. The predicted molar refractivity (Wildman–Crippen MR) is 228 cm³/mol. The van der Waals surface area contributed by atoms with Gasteiger partial charge in [0.2, 0.25) is 5.91 Å². The molecule has 0 saturated heterocycles. The van der Waals surface area contributed by atoms with Crippen molar-refractivity contribution in [2.75, 3.05) is 10.6 Å². The fraction of sp³-hybridized carbons (Fsp3) is 0.310. The molecule has 57 heavy (non-hydrogen) atoms. The Bertz CT molecular complexity index is 2480. The lowest BCUT2D eigenvalue weighted by Crippen LogP contribution is -2.19. The van der Waals surface area contributed by atoms with Crippen molar-refractivity contribution in [2.24, 2.45) is 0 Å². The molecule has 0 aliphatic rings. The standard InChI is InChI=1S/C42H39Cl4N7O4/c1-2-3-4-5-6-7-8-9-10-11-15-18-37(54)47-30-21-22-31(44)34(27-30)48-41-40(42(57)53(50-41)39-32(45)25-29(43)26-33(39)46)52-36-23-20-28(24-35(36)49-51-52)17-14-12-13-16-19-38(55)56/h20-27,48,50H,2-11,15,18H2,1H3,(H,47,54)(H,55,56). The van der Waals surface area contributed by atoms with E-state index in [2.05, 4.69) is 62.6 Å². The summed E-state index contributed by atoms with van der Waals surface area (Å²) in [6.45, 7) is 2.23. The van der Waals surface area contributed by atoms with E-state index >= 15 is 0 Å². The van der Waals surface area contributed by atoms with Crippen LogP contribution in [0, 0.1) is 35.5 Å². The van der Waals surface area contributed by atoms with Gasteiger partial charge in [0, 0.05) is 28.6 Å². The summed E-state index contributed by atoms with van der Waals surface area (Å²) in [5, 5.41) is 27.2. The molecule has 3 aromatic carbocycles. The average molecular weight is 848 g/mol. The van der Waals surface area contributed by atoms with Crippen LogP contribution < -0.4 is 16.2 Å². The SMILES string of the molecule is CCCCCCCCCCCCCC(=O)Nc1ccc(Cl)c(Nc2[nH]n(-c3c(Cl)cc(Cl)cc3Cl)c(=O)c2-n2nnc3cc(C#CC#CC#CC(=O)O)ccc32)c1. The number of halogens is 4. The van der Waals surface area contributed by atoms with Gasteiger partial charge in [-0.1, -0.05) is 129 Å². The van der Waals surface area contributed by atoms with E-state index in [4.69, 9.17) is 51.5 Å². The number of hydrogen-bond donors (Lipinski definition) is 4. The van der Waals surface area contributed by atoms with Crippen LogP contribution in [-0.2, 0) is 9.59 Å². The van der Waals surface area contributed by atoms with Crippen molar-refractivity contribution in [1.82, 2.24) is 24.8 Å². The van der Waals surface area contributed by atoms with Crippen LogP contribution in [0.2, 0.25) is 20.1 Å². The van der Waals surface area contributed by atoms with Crippen LogP contribution >= 0.6 is 46.4 Å². The zero-order chi connectivity index (χ0) is 40.7. The molecular weight excluding hydrogens is 808 g/mol. The molecule has 5 aromatic rings. The predicted octanol–water partition coefficient (Wildman–Crippen LogP) is 10.3. The van der Waals surface area contributed by atoms with E-state index in [1.54, 1.807) is 36.4 Å². The molecule has 0 spiro atoms. The van der Waals surface area contributed by atoms with E-state index in [-0.39, 0.29) is 38.2 Å². The Hall–Kier alpha value is -5.35. The first kappa shape index (κ1) is 42.8. The maximum Gasteiger partial charge on any atom is 0.382 e. The second-order valence-electron chi connectivity index (χ2n) is 13.1. The zero-order valence-corrected chi connectivity index (χ0v) is 34.1. The van der Waals surface area contributed by atoms with E-state index in [0.29, 0.717) is 39.4 Å². The van der Waals surface area contributed by atoms with Crippen molar-refractivity contribution in [3.63, 3.8) is 0 Å². The zero-order valence-electron chi connectivity index (χ0n) is 31.1. The third kappa shape index (κ3) is 12.1. The monoisotopic (exact) mass is 845 g/mol. The van der Waals surface area contributed by atoms with E-state index in [0.717, 1.165) is 23.9 Å². The van der Waals surface area contributed by atoms with E-state index < -0.39 is 11.5 Å². The molecule has 4 N–H and O–H groups in total. The van der Waals surface area contributed by atoms with Gasteiger partial charge in [-0.3, -0.25) is 14.7 Å². The van der Waals surface area contributed by atoms with Gasteiger partial charge >= 0.3 is 5.97 Å². The minimum Gasteiger partial charge on any atom is -0.472 e. The average Bonchev–Trinajstić information content (AvgIpc) is 3.71. The number of carbonyl (C=O) groups is 2. The number of aromatic amines is 1. The molecule has 0 atom stereocenters. The first-order valence-corrected chi connectivity index (χ1v) is 20.0. The maximum absolute atomic E-state index is 14.3. The number of benzene rings is 3. The number of anilines is 3. The molecule has 0 radical (unpaired) electrons. The number of rotatable bonds is 17. The molecule has 0 unspecified atom stereocenters. The van der Waals surface area contributed by atoms with Crippen molar-refractivity contribution in [3.8, 4) is 46.9 Å². The molecule has 2 aromatic heterocycles. The number of carboxylic acids is 1. The molecule has 1 amide bonds. The highest BCUT2D eigenvalue weighted by atomic mass is 35.5. The first-order chi connectivity index (χ1) is 27.5. The van der Waals surface area contributed by atoms with Gasteiger partial charge < -0.3 is 15.7 Å². The Kier molecular flexibility index (Phi) is 16.0. The van der Waals surface area contributed by atoms with Crippen LogP contribution in [0.5, 0.6) is 0 Å². The van der Waals surface area contributed by atoms with Crippen molar-refractivity contribution in [1.29, 1.82) is 0 Å². The van der Waals surface area contributed by atoms with Crippen LogP contribution in [0.15, 0.2) is 53.3 Å². The first-order valence-electron chi connectivity index (χ1n) is 18.5. The third-order valence-corrected chi connectivity index (χ3v) is 9.93. The highest BCUT2D eigenvalue weighted by Crippen LogP contribution is 2.34. The Morgan fingerprint density at radius 3 is 2.14 bits per heavy atom. The van der Waals surface area contributed by atoms with Gasteiger partial charge in [0.05, 0.1) is 26.3 Å². The van der Waals surface area contributed by atoms with Crippen molar-refractivity contribution >= 4 is 86.5 Å². The number of carbonyl (C=O) groups excluding carboxylic acids is 1. The van der Waals surface area contributed by atoms with Gasteiger partial charge in [-0.05, 0) is 78.6 Å². The second kappa shape index (κ2) is 21.3. The summed E-state index contributed by atoms with van der Waals surface area (Å²) < 4.78 is 2.50. The smallest absolute Gasteiger partial charge is 0.382 e. The normalized spacial score (nSPS) is 10.5. The highest BCUT2D eigenvalue weighted by molar-refractivity contribution is 6.40. The summed E-state index contributed by atoms with van der Waals surface area (Å²) in [7, 11) is 0. The van der Waals surface area contributed by atoms with E-state index in [9.17, 15) is 14.4 Å². The number of aromatic nitrogens is 5. The molecule has 294 valence electrons. The minimum absolute atomic E-state index is 0.0169. The molecule has 0 bridgehead atoms. The number of H-pyrrole nitrogens is 1. The Balaban J connectivity index is 1.36. The topological polar surface area (TPSA) is 147 Å². The summed E-state index contributed by atoms with van der Waals surface area (Å²) in [6, 6.07) is 12.9. The van der Waals surface area contributed by atoms with Gasteiger partial charge in [0.1, 0.15) is 11.2 Å². The Morgan fingerprint density at radius 1 is 0.789 bits per heavy atom. The number of nitrogens with one attached hydrogen (secondary N) is 3. The molecule has 0 aliphatic carbocycles. The molecule has 5 rings (SSSR count). The molecule has 0 fully saturated rings. The van der Waals surface area contributed by atoms with Crippen molar-refractivity contribution in [3.05, 3.63) is 84.5 Å². The molecule has 2 heterocycles. The van der Waals surface area contributed by atoms with Crippen molar-refractivity contribution in [2.45, 2.75) is 84.0 Å². The summed E-state index contributed by atoms with van der Waals surface area (Å²) in [6.07, 6.45) is 13.6. The van der Waals surface area contributed by atoms with Crippen LogP contribution in [0.4, 0.5) is 17.2 Å². The summed E-state index contributed by atoms with van der Waals surface area (Å²) >= 11 is 25.9. The van der Waals surface area contributed by atoms with Crippen LogP contribution in [0.25, 0.3) is 22.4 Å². The van der Waals surface area contributed by atoms with Crippen LogP contribution in [0.1, 0.15) is 89.5 Å². The Labute approximate surface area is 350 Å². The fourth-order valence-corrected chi connectivity index (χ4v) is 7.19. The quantitative estimate of drug-likeness (QED) is 0.0538. The van der Waals surface area contributed by atoms with Gasteiger partial charge in [0.25, 0.3) is 5.56 Å². The number of carboxylic acid groups (broad SMARTS) is 1. The minimum atomic E-state index is -1.29. The summed E-state index contributed by atoms with van der Waals surface area (Å²) in [5.41, 5.74) is 1.85. The van der Waals surface area contributed by atoms with Gasteiger partial charge in [-0.2, -0.15) is 0 Å². The third-order valence-electron chi connectivity index (χ3n) is 8.81. The van der Waals surface area contributed by atoms with Gasteiger partial charge in [-0.15, -0.1) is 5.10 Å². The van der Waals surface area contributed by atoms with Crippen LogP contribution in [-0.4, -0.2) is 41.8 Å². The van der Waals surface area contributed by atoms with Crippen molar-refractivity contribution < 1.29 is 14.7 Å². The molecule has 15 heteroatoms. The molecule has 0 saturated carbocycles. The number of hydrogen-bond acceptors (Lipinski definition) is 6. The number of aliphatic carboxylic acids is 1. The maximum atomic E-state index is 14.3. The molecular formula is C42H39Cl4N7O4. The van der Waals surface area contributed by atoms with E-state index in [1.807, 2.05) is 5.92 Å². The number of nitrogens with zero attached hydrogens (tertiary/aromatic N) is 4. The lowest BCUT2D eigenvalue weighted by atomic mass is 10.1. The Morgan fingerprint density at radius 2 is 1.46 bits per heavy atom. The van der Waals surface area contributed by atoms with Crippen LogP contribution in [0.3, 0.4) is 0 Å². The number of unbranched alkanes of at least 4 members (excludes halogenated alkanes) is 10.